The number of nitrogens with zero attached hydrogens (tertiary/aromatic N) is 1. The van der Waals surface area contributed by atoms with E-state index in [0.717, 1.165) is 20.8 Å². The van der Waals surface area contributed by atoms with Crippen molar-refractivity contribution in [1.82, 2.24) is 4.98 Å². The average molecular weight is 550 g/mol. The van der Waals surface area contributed by atoms with E-state index in [2.05, 4.69) is 40.1 Å². The third-order valence-corrected chi connectivity index (χ3v) is 7.04. The van der Waals surface area contributed by atoms with Crippen molar-refractivity contribution >= 4 is 61.0 Å². The van der Waals surface area contributed by atoms with E-state index >= 15 is 0 Å². The predicted octanol–water partition coefficient (Wildman–Crippen LogP) is 8.45. The number of hydrogen-bond acceptors (Lipinski definition) is 4. The molecule has 0 spiro atoms. The van der Waals surface area contributed by atoms with Crippen LogP contribution in [0.1, 0.15) is 35.7 Å². The summed E-state index contributed by atoms with van der Waals surface area (Å²) in [6.07, 6.45) is 0. The van der Waals surface area contributed by atoms with Gasteiger partial charge in [-0.2, -0.15) is 0 Å². The van der Waals surface area contributed by atoms with E-state index in [1.165, 1.54) is 5.56 Å². The number of ether oxygens (including phenoxy) is 1. The van der Waals surface area contributed by atoms with Crippen LogP contribution >= 0.6 is 27.5 Å². The summed E-state index contributed by atoms with van der Waals surface area (Å²) < 4.78 is 12.3. The number of carbonyl (C=O) groups excluding carboxylic acids is 1. The Morgan fingerprint density at radius 2 is 1.89 bits per heavy atom. The van der Waals surface area contributed by atoms with Gasteiger partial charge in [0.2, 0.25) is 5.89 Å². The highest BCUT2D eigenvalue weighted by Gasteiger charge is 2.20. The number of rotatable bonds is 5. The molecule has 5 nitrogen and oxygen atoms in total. The predicted molar refractivity (Wildman–Crippen MR) is 145 cm³/mol. The number of methoxy groups -OCH3 is 1. The van der Waals surface area contributed by atoms with Crippen molar-refractivity contribution in [2.45, 2.75) is 19.8 Å². The highest BCUT2D eigenvalue weighted by molar-refractivity contribution is 9.10. The summed E-state index contributed by atoms with van der Waals surface area (Å²) in [7, 11) is 1.55. The highest BCUT2D eigenvalue weighted by Crippen LogP contribution is 2.38. The first-order chi connectivity index (χ1) is 16.9. The first-order valence-electron chi connectivity index (χ1n) is 11.1. The standard InChI is InChI=1S/C28H22BrClN2O3/c1-15(2)16-8-11-24-23(13-16)32-28(35-24)20-14-18(9-10-22(20)30)31-27(33)21-12-17-6-4-5-7-19(17)25(29)26(21)34-3/h4-15H,1-3H3,(H,31,33). The summed E-state index contributed by atoms with van der Waals surface area (Å²) in [4.78, 5) is 17.9. The molecule has 0 saturated carbocycles. The van der Waals surface area contributed by atoms with Crippen LogP contribution in [0.5, 0.6) is 5.75 Å². The normalized spacial score (nSPS) is 11.4. The zero-order valence-electron chi connectivity index (χ0n) is 19.4. The van der Waals surface area contributed by atoms with Crippen LogP contribution in [0.4, 0.5) is 5.69 Å². The molecule has 0 bridgehead atoms. The molecule has 5 aromatic rings. The zero-order valence-corrected chi connectivity index (χ0v) is 21.7. The second-order valence-electron chi connectivity index (χ2n) is 8.54. The summed E-state index contributed by atoms with van der Waals surface area (Å²) in [5, 5.41) is 5.32. The molecule has 176 valence electrons. The zero-order chi connectivity index (χ0) is 24.7. The molecule has 0 saturated heterocycles. The lowest BCUT2D eigenvalue weighted by atomic mass is 10.0. The molecular formula is C28H22BrClN2O3. The van der Waals surface area contributed by atoms with Crippen LogP contribution < -0.4 is 10.1 Å². The maximum Gasteiger partial charge on any atom is 0.259 e. The molecule has 0 aliphatic carbocycles. The summed E-state index contributed by atoms with van der Waals surface area (Å²) in [5.41, 5.74) is 4.20. The average Bonchev–Trinajstić information content (AvgIpc) is 3.28. The van der Waals surface area contributed by atoms with Gasteiger partial charge >= 0.3 is 0 Å². The lowest BCUT2D eigenvalue weighted by Gasteiger charge is -2.14. The number of hydrogen-bond donors (Lipinski definition) is 1. The molecule has 0 unspecified atom stereocenters. The Bertz CT molecular complexity index is 1590. The van der Waals surface area contributed by atoms with Crippen LogP contribution in [0.25, 0.3) is 33.3 Å². The highest BCUT2D eigenvalue weighted by atomic mass is 79.9. The summed E-state index contributed by atoms with van der Waals surface area (Å²) >= 11 is 10.1. The quantitative estimate of drug-likeness (QED) is 0.239. The molecule has 1 N–H and O–H groups in total. The van der Waals surface area contributed by atoms with Gasteiger partial charge in [0.15, 0.2) is 5.58 Å². The molecule has 5 rings (SSSR count). The van der Waals surface area contributed by atoms with Gasteiger partial charge in [-0.25, -0.2) is 4.98 Å². The van der Waals surface area contributed by atoms with Crippen molar-refractivity contribution in [3.05, 3.63) is 87.4 Å². The minimum atomic E-state index is -0.305. The molecule has 0 atom stereocenters. The molecule has 1 heterocycles. The van der Waals surface area contributed by atoms with Crippen LogP contribution in [0.3, 0.4) is 0 Å². The van der Waals surface area contributed by atoms with E-state index in [0.29, 0.717) is 45.0 Å². The van der Waals surface area contributed by atoms with E-state index in [-0.39, 0.29) is 5.91 Å². The molecular weight excluding hydrogens is 528 g/mol. The van der Waals surface area contributed by atoms with E-state index in [4.69, 9.17) is 20.8 Å². The van der Waals surface area contributed by atoms with Gasteiger partial charge < -0.3 is 14.5 Å². The Hall–Kier alpha value is -3.35. The van der Waals surface area contributed by atoms with Crippen LogP contribution in [0, 0.1) is 0 Å². The fourth-order valence-corrected chi connectivity index (χ4v) is 4.97. The molecule has 0 aliphatic rings. The van der Waals surface area contributed by atoms with Crippen LogP contribution in [-0.2, 0) is 0 Å². The number of amides is 1. The van der Waals surface area contributed by atoms with Gasteiger partial charge in [-0.15, -0.1) is 0 Å². The molecule has 0 aliphatic heterocycles. The van der Waals surface area contributed by atoms with Gasteiger partial charge in [0.1, 0.15) is 11.3 Å². The number of fused-ring (bicyclic) bond motifs is 2. The summed E-state index contributed by atoms with van der Waals surface area (Å²) in [5.74, 6) is 0.942. The van der Waals surface area contributed by atoms with E-state index < -0.39 is 0 Å². The lowest BCUT2D eigenvalue weighted by molar-refractivity contribution is 0.102. The molecule has 4 aromatic carbocycles. The number of carbonyl (C=O) groups is 1. The van der Waals surface area contributed by atoms with Crippen LogP contribution in [0.15, 0.2) is 75.6 Å². The fourth-order valence-electron chi connectivity index (χ4n) is 4.04. The number of nitrogens with one attached hydrogen (secondary N) is 1. The van der Waals surface area contributed by atoms with Gasteiger partial charge in [0, 0.05) is 5.69 Å². The number of oxazole rings is 1. The molecule has 1 aromatic heterocycles. The molecule has 35 heavy (non-hydrogen) atoms. The Morgan fingerprint density at radius 1 is 1.09 bits per heavy atom. The Balaban J connectivity index is 1.50. The van der Waals surface area contributed by atoms with Crippen molar-refractivity contribution in [2.24, 2.45) is 0 Å². The Labute approximate surface area is 216 Å². The van der Waals surface area contributed by atoms with Gasteiger partial charge in [0.25, 0.3) is 5.91 Å². The fraction of sp³-hybridized carbons (Fsp3) is 0.143. The summed E-state index contributed by atoms with van der Waals surface area (Å²) in [6, 6.07) is 20.8. The minimum Gasteiger partial charge on any atom is -0.495 e. The number of halogens is 2. The molecule has 0 fully saturated rings. The van der Waals surface area contributed by atoms with Gasteiger partial charge in [-0.1, -0.05) is 55.8 Å². The Morgan fingerprint density at radius 3 is 2.66 bits per heavy atom. The third-order valence-electron chi connectivity index (χ3n) is 5.92. The second kappa shape index (κ2) is 9.36. The molecule has 1 amide bonds. The van der Waals surface area contributed by atoms with Crippen molar-refractivity contribution in [1.29, 1.82) is 0 Å². The first-order valence-corrected chi connectivity index (χ1v) is 12.3. The first kappa shape index (κ1) is 23.4. The minimum absolute atomic E-state index is 0.305. The largest absolute Gasteiger partial charge is 0.495 e. The lowest BCUT2D eigenvalue weighted by Crippen LogP contribution is -2.13. The molecule has 0 radical (unpaired) electrons. The maximum absolute atomic E-state index is 13.3. The third kappa shape index (κ3) is 4.40. The van der Waals surface area contributed by atoms with Crippen molar-refractivity contribution in [3.63, 3.8) is 0 Å². The van der Waals surface area contributed by atoms with E-state index in [1.807, 2.05) is 48.5 Å². The van der Waals surface area contributed by atoms with Crippen LogP contribution in [-0.4, -0.2) is 18.0 Å². The van der Waals surface area contributed by atoms with Crippen molar-refractivity contribution in [3.8, 4) is 17.2 Å². The number of anilines is 1. The number of aromatic nitrogens is 1. The van der Waals surface area contributed by atoms with Gasteiger partial charge in [0.05, 0.1) is 27.7 Å². The van der Waals surface area contributed by atoms with Crippen molar-refractivity contribution < 1.29 is 13.9 Å². The monoisotopic (exact) mass is 548 g/mol. The van der Waals surface area contributed by atoms with Gasteiger partial charge in [-0.05, 0) is 74.6 Å². The number of benzene rings is 4. The van der Waals surface area contributed by atoms with E-state index in [1.54, 1.807) is 25.3 Å². The maximum atomic E-state index is 13.3. The van der Waals surface area contributed by atoms with Crippen molar-refractivity contribution in [2.75, 3.05) is 12.4 Å². The molecule has 7 heteroatoms. The van der Waals surface area contributed by atoms with Crippen LogP contribution in [0.2, 0.25) is 5.02 Å². The smallest absolute Gasteiger partial charge is 0.259 e. The topological polar surface area (TPSA) is 64.4 Å². The SMILES string of the molecule is COc1c(C(=O)Nc2ccc(Cl)c(-c3nc4cc(C(C)C)ccc4o3)c2)cc2ccccc2c1Br. The Kier molecular flexibility index (Phi) is 6.26. The second-order valence-corrected chi connectivity index (χ2v) is 9.74. The van der Waals surface area contributed by atoms with E-state index in [9.17, 15) is 4.79 Å². The van der Waals surface area contributed by atoms with Gasteiger partial charge in [-0.3, -0.25) is 4.79 Å². The summed E-state index contributed by atoms with van der Waals surface area (Å²) in [6.45, 7) is 4.27.